The van der Waals surface area contributed by atoms with Crippen LogP contribution in [0.25, 0.3) is 11.2 Å². The van der Waals surface area contributed by atoms with Gasteiger partial charge in [-0.1, -0.05) is 36.3 Å². The molecule has 0 saturated carbocycles. The summed E-state index contributed by atoms with van der Waals surface area (Å²) >= 11 is 0. The van der Waals surface area contributed by atoms with Crippen LogP contribution in [0.3, 0.4) is 0 Å². The summed E-state index contributed by atoms with van der Waals surface area (Å²) in [5.41, 5.74) is 1.80. The van der Waals surface area contributed by atoms with Gasteiger partial charge in [-0.3, -0.25) is 4.18 Å². The normalized spacial score (nSPS) is 17.8. The summed E-state index contributed by atoms with van der Waals surface area (Å²) in [6.45, 7) is 9.10. The highest BCUT2D eigenvalue weighted by Gasteiger charge is 2.28. The Hall–Kier alpha value is -2.51. The zero-order chi connectivity index (χ0) is 21.5. The minimum Gasteiger partial charge on any atom is -0.314 e. The van der Waals surface area contributed by atoms with Gasteiger partial charge in [-0.05, 0) is 19.9 Å². The first-order valence-corrected chi connectivity index (χ1v) is 11.2. The molecule has 3 aromatic heterocycles. The van der Waals surface area contributed by atoms with E-state index in [1.807, 2.05) is 20.8 Å². The van der Waals surface area contributed by atoms with Crippen LogP contribution < -0.4 is 5.32 Å². The molecule has 162 valence electrons. The Morgan fingerprint density at radius 1 is 1.23 bits per heavy atom. The first-order chi connectivity index (χ1) is 14.1. The molecule has 4 heterocycles. The second-order valence-electron chi connectivity index (χ2n) is 8.37. The van der Waals surface area contributed by atoms with Crippen LogP contribution in [0.4, 0.5) is 0 Å². The number of nitrogens with zero attached hydrogens (tertiary/aromatic N) is 7. The molecule has 1 atom stereocenters. The monoisotopic (exact) mass is 436 g/mol. The number of hydrogen-bond acceptors (Lipinski definition) is 11. The van der Waals surface area contributed by atoms with E-state index in [1.54, 1.807) is 6.92 Å². The fourth-order valence-corrected chi connectivity index (χ4v) is 4.29. The first kappa shape index (κ1) is 20.8. The van der Waals surface area contributed by atoms with Gasteiger partial charge in [0.1, 0.15) is 23.0 Å². The molecule has 0 spiro atoms. The molecule has 30 heavy (non-hydrogen) atoms. The lowest BCUT2D eigenvalue weighted by Crippen LogP contribution is -2.23. The Bertz CT molecular complexity index is 1160. The Kier molecular flexibility index (Phi) is 5.28. The van der Waals surface area contributed by atoms with Gasteiger partial charge in [0, 0.05) is 12.0 Å². The molecule has 1 aliphatic rings. The van der Waals surface area contributed by atoms with E-state index in [2.05, 4.69) is 35.9 Å². The first-order valence-electron chi connectivity index (χ1n) is 9.63. The third-order valence-electron chi connectivity index (χ3n) is 4.76. The summed E-state index contributed by atoms with van der Waals surface area (Å²) in [6.07, 6.45) is 0.278. The lowest BCUT2D eigenvalue weighted by Gasteiger charge is -2.18. The summed E-state index contributed by atoms with van der Waals surface area (Å²) in [4.78, 5) is 9.12. The lowest BCUT2D eigenvalue weighted by atomic mass is 9.95. The van der Waals surface area contributed by atoms with Crippen molar-refractivity contribution in [3.63, 3.8) is 0 Å². The standard InChI is InChI=1S/C17H24N8O4S/c1-10-12(23-29-22-10)8-25-15-14(21-24-25)13(19-16(20-15)17(2,3)4)9-30(26,27)28-11-5-6-18-7-11/h11,18H,5-9H2,1-4H3. The Balaban J connectivity index is 1.73. The van der Waals surface area contributed by atoms with Gasteiger partial charge in [-0.25, -0.2) is 19.3 Å². The van der Waals surface area contributed by atoms with Crippen molar-refractivity contribution in [2.24, 2.45) is 0 Å². The predicted molar refractivity (Wildman–Crippen MR) is 105 cm³/mol. The highest BCUT2D eigenvalue weighted by Crippen LogP contribution is 2.24. The van der Waals surface area contributed by atoms with Crippen LogP contribution in [0.5, 0.6) is 0 Å². The molecule has 3 aromatic rings. The molecule has 0 aliphatic carbocycles. The molecule has 0 bridgehead atoms. The average Bonchev–Trinajstić information content (AvgIpc) is 3.37. The summed E-state index contributed by atoms with van der Waals surface area (Å²) < 4.78 is 37.0. The lowest BCUT2D eigenvalue weighted by molar-refractivity contribution is 0.229. The zero-order valence-electron chi connectivity index (χ0n) is 17.3. The maximum atomic E-state index is 12.7. The minimum absolute atomic E-state index is 0.239. The van der Waals surface area contributed by atoms with E-state index in [9.17, 15) is 8.42 Å². The van der Waals surface area contributed by atoms with Crippen LogP contribution in [0.1, 0.15) is 50.1 Å². The van der Waals surface area contributed by atoms with Gasteiger partial charge in [0.15, 0.2) is 11.2 Å². The highest BCUT2D eigenvalue weighted by atomic mass is 32.2. The maximum Gasteiger partial charge on any atom is 0.273 e. The maximum absolute atomic E-state index is 12.7. The quantitative estimate of drug-likeness (QED) is 0.537. The zero-order valence-corrected chi connectivity index (χ0v) is 18.1. The van der Waals surface area contributed by atoms with E-state index >= 15 is 0 Å². The number of aryl methyl sites for hydroxylation is 1. The number of rotatable bonds is 6. The van der Waals surface area contributed by atoms with Gasteiger partial charge in [0.2, 0.25) is 0 Å². The number of hydrogen-bond donors (Lipinski definition) is 1. The molecule has 13 heteroatoms. The molecule has 0 radical (unpaired) electrons. The molecule has 1 saturated heterocycles. The molecule has 0 amide bonds. The van der Waals surface area contributed by atoms with E-state index in [0.717, 1.165) is 6.54 Å². The second-order valence-corrected chi connectivity index (χ2v) is 9.97. The topological polar surface area (TPSA) is 151 Å². The molecule has 1 N–H and O–H groups in total. The van der Waals surface area contributed by atoms with Gasteiger partial charge < -0.3 is 5.32 Å². The number of aromatic nitrogens is 7. The van der Waals surface area contributed by atoms with Crippen LogP contribution in [-0.4, -0.2) is 62.9 Å². The van der Waals surface area contributed by atoms with Gasteiger partial charge in [-0.2, -0.15) is 8.42 Å². The van der Waals surface area contributed by atoms with Crippen molar-refractivity contribution in [2.45, 2.75) is 57.9 Å². The molecule has 0 aromatic carbocycles. The summed E-state index contributed by atoms with van der Waals surface area (Å²) in [5.74, 6) is 0.0794. The van der Waals surface area contributed by atoms with Crippen molar-refractivity contribution < 1.29 is 17.2 Å². The fraction of sp³-hybridized carbons (Fsp3) is 0.647. The third kappa shape index (κ3) is 4.32. The van der Waals surface area contributed by atoms with Crippen molar-refractivity contribution >= 4 is 21.3 Å². The predicted octanol–water partition coefficient (Wildman–Crippen LogP) is 0.467. The SMILES string of the molecule is Cc1nonc1Cn1nnc2c(CS(=O)(=O)OC3CCNC3)nc(C(C)(C)C)nc21. The second kappa shape index (κ2) is 7.63. The average molecular weight is 436 g/mol. The van der Waals surface area contributed by atoms with Crippen LogP contribution in [-0.2, 0) is 32.0 Å². The highest BCUT2D eigenvalue weighted by molar-refractivity contribution is 7.85. The number of fused-ring (bicyclic) bond motifs is 1. The van der Waals surface area contributed by atoms with Crippen molar-refractivity contribution in [2.75, 3.05) is 13.1 Å². The van der Waals surface area contributed by atoms with Crippen LogP contribution >= 0.6 is 0 Å². The fourth-order valence-electron chi connectivity index (χ4n) is 3.11. The van der Waals surface area contributed by atoms with Crippen LogP contribution in [0, 0.1) is 6.92 Å². The largest absolute Gasteiger partial charge is 0.314 e. The van der Waals surface area contributed by atoms with Crippen molar-refractivity contribution in [1.82, 2.24) is 40.6 Å². The van der Waals surface area contributed by atoms with Crippen LogP contribution in [0.15, 0.2) is 4.63 Å². The summed E-state index contributed by atoms with van der Waals surface area (Å²) in [7, 11) is -3.86. The van der Waals surface area contributed by atoms with Gasteiger partial charge >= 0.3 is 0 Å². The van der Waals surface area contributed by atoms with E-state index in [4.69, 9.17) is 8.81 Å². The van der Waals surface area contributed by atoms with Crippen molar-refractivity contribution in [3.05, 3.63) is 22.9 Å². The number of nitrogens with one attached hydrogen (secondary N) is 1. The van der Waals surface area contributed by atoms with Gasteiger partial charge in [0.05, 0.1) is 18.3 Å². The minimum atomic E-state index is -3.86. The Morgan fingerprint density at radius 3 is 2.67 bits per heavy atom. The van der Waals surface area contributed by atoms with Crippen molar-refractivity contribution in [1.29, 1.82) is 0 Å². The van der Waals surface area contributed by atoms with E-state index < -0.39 is 21.3 Å². The molecule has 4 rings (SSSR count). The van der Waals surface area contributed by atoms with Crippen LogP contribution in [0.2, 0.25) is 0 Å². The molecular weight excluding hydrogens is 412 g/mol. The van der Waals surface area contributed by atoms with E-state index in [0.29, 0.717) is 41.3 Å². The van der Waals surface area contributed by atoms with Crippen molar-refractivity contribution in [3.8, 4) is 0 Å². The molecule has 12 nitrogen and oxygen atoms in total. The Morgan fingerprint density at radius 2 is 2.03 bits per heavy atom. The van der Waals surface area contributed by atoms with E-state index in [-0.39, 0.29) is 18.3 Å². The molecular formula is C17H24N8O4S. The third-order valence-corrected chi connectivity index (χ3v) is 5.96. The van der Waals surface area contributed by atoms with Gasteiger partial charge in [-0.15, -0.1) is 5.10 Å². The summed E-state index contributed by atoms with van der Waals surface area (Å²) in [6, 6.07) is 0. The Labute approximate surface area is 173 Å². The van der Waals surface area contributed by atoms with Gasteiger partial charge in [0.25, 0.3) is 10.1 Å². The smallest absolute Gasteiger partial charge is 0.273 e. The molecule has 1 fully saturated rings. The van der Waals surface area contributed by atoms with E-state index in [1.165, 1.54) is 4.68 Å². The molecule has 1 unspecified atom stereocenters. The summed E-state index contributed by atoms with van der Waals surface area (Å²) in [5, 5.41) is 19.0. The molecule has 1 aliphatic heterocycles.